The number of aromatic nitrogens is 1. The Morgan fingerprint density at radius 2 is 2.44 bits per heavy atom. The second-order valence-electron chi connectivity index (χ2n) is 4.53. The van der Waals surface area contributed by atoms with Crippen LogP contribution in [0.25, 0.3) is 11.1 Å². The molecular weight excluding hydrogens is 200 g/mol. The van der Waals surface area contributed by atoms with Gasteiger partial charge in [0.1, 0.15) is 5.52 Å². The number of para-hydroxylation sites is 1. The Morgan fingerprint density at radius 3 is 3.31 bits per heavy atom. The van der Waals surface area contributed by atoms with Crippen molar-refractivity contribution in [1.29, 1.82) is 0 Å². The molecule has 1 aliphatic rings. The predicted molar refractivity (Wildman–Crippen MR) is 63.3 cm³/mol. The summed E-state index contributed by atoms with van der Waals surface area (Å²) in [5.74, 6) is 0.740. The topological polar surface area (TPSA) is 38.1 Å². The van der Waals surface area contributed by atoms with Crippen molar-refractivity contribution in [2.45, 2.75) is 19.3 Å². The van der Waals surface area contributed by atoms with E-state index in [1.54, 1.807) is 0 Å². The fraction of sp³-hybridized carbons (Fsp3) is 0.462. The molecular formula is C13H16N2O. The number of nitrogens with one attached hydrogen (secondary N) is 1. The molecule has 1 aromatic carbocycles. The summed E-state index contributed by atoms with van der Waals surface area (Å²) in [5, 5.41) is 3.45. The summed E-state index contributed by atoms with van der Waals surface area (Å²) in [6.07, 6.45) is 5.24. The Labute approximate surface area is 94.9 Å². The zero-order valence-corrected chi connectivity index (χ0v) is 9.28. The van der Waals surface area contributed by atoms with Crippen molar-refractivity contribution in [2.24, 2.45) is 5.92 Å². The minimum Gasteiger partial charge on any atom is -0.443 e. The summed E-state index contributed by atoms with van der Waals surface area (Å²) in [6, 6.07) is 6.22. The molecule has 1 aromatic heterocycles. The smallest absolute Gasteiger partial charge is 0.181 e. The highest BCUT2D eigenvalue weighted by atomic mass is 16.3. The second kappa shape index (κ2) is 4.26. The van der Waals surface area contributed by atoms with E-state index in [0.717, 1.165) is 30.0 Å². The van der Waals surface area contributed by atoms with Gasteiger partial charge in [-0.3, -0.25) is 0 Å². The van der Waals surface area contributed by atoms with Crippen molar-refractivity contribution < 1.29 is 4.42 Å². The summed E-state index contributed by atoms with van der Waals surface area (Å²) in [5.41, 5.74) is 3.23. The molecule has 0 spiro atoms. The molecule has 0 amide bonds. The Hall–Kier alpha value is -1.35. The zero-order valence-electron chi connectivity index (χ0n) is 9.28. The molecule has 1 fully saturated rings. The van der Waals surface area contributed by atoms with Gasteiger partial charge in [-0.05, 0) is 49.9 Å². The normalized spacial score (nSPS) is 21.4. The molecule has 84 valence electrons. The van der Waals surface area contributed by atoms with Crippen molar-refractivity contribution in [2.75, 3.05) is 13.1 Å². The Balaban J connectivity index is 1.85. The van der Waals surface area contributed by atoms with Crippen molar-refractivity contribution >= 4 is 11.1 Å². The molecule has 0 bridgehead atoms. The SMILES string of the molecule is c1cc(CC2CCCNC2)c2ocnc2c1. The molecule has 1 unspecified atom stereocenters. The van der Waals surface area contributed by atoms with Crippen molar-refractivity contribution in [3.8, 4) is 0 Å². The van der Waals surface area contributed by atoms with Crippen molar-refractivity contribution in [3.63, 3.8) is 0 Å². The van der Waals surface area contributed by atoms with Gasteiger partial charge in [0.05, 0.1) is 0 Å². The molecule has 0 aliphatic carbocycles. The average molecular weight is 216 g/mol. The van der Waals surface area contributed by atoms with Crippen LogP contribution in [-0.2, 0) is 6.42 Å². The fourth-order valence-corrected chi connectivity index (χ4v) is 2.51. The van der Waals surface area contributed by atoms with E-state index in [4.69, 9.17) is 4.42 Å². The van der Waals surface area contributed by atoms with Crippen LogP contribution in [0.15, 0.2) is 29.0 Å². The summed E-state index contributed by atoms with van der Waals surface area (Å²) in [7, 11) is 0. The third-order valence-electron chi connectivity index (χ3n) is 3.35. The molecule has 1 aliphatic heterocycles. The van der Waals surface area contributed by atoms with Crippen molar-refractivity contribution in [1.82, 2.24) is 10.3 Å². The predicted octanol–water partition coefficient (Wildman–Crippen LogP) is 2.37. The van der Waals surface area contributed by atoms with Crippen LogP contribution in [0.1, 0.15) is 18.4 Å². The lowest BCUT2D eigenvalue weighted by molar-refractivity contribution is 0.375. The molecule has 3 heteroatoms. The highest BCUT2D eigenvalue weighted by molar-refractivity contribution is 5.75. The molecule has 1 N–H and O–H groups in total. The summed E-state index contributed by atoms with van der Waals surface area (Å²) in [4.78, 5) is 4.19. The molecule has 2 aromatic rings. The summed E-state index contributed by atoms with van der Waals surface area (Å²) < 4.78 is 5.46. The first-order valence-corrected chi connectivity index (χ1v) is 5.95. The first-order chi connectivity index (χ1) is 7.93. The van der Waals surface area contributed by atoms with E-state index in [1.165, 1.54) is 31.3 Å². The monoisotopic (exact) mass is 216 g/mol. The van der Waals surface area contributed by atoms with Crippen LogP contribution in [0.4, 0.5) is 0 Å². The maximum Gasteiger partial charge on any atom is 0.181 e. The third-order valence-corrected chi connectivity index (χ3v) is 3.35. The van der Waals surface area contributed by atoms with E-state index in [1.807, 2.05) is 6.07 Å². The molecule has 1 saturated heterocycles. The number of hydrogen-bond acceptors (Lipinski definition) is 3. The minimum absolute atomic E-state index is 0.740. The van der Waals surface area contributed by atoms with E-state index < -0.39 is 0 Å². The minimum atomic E-state index is 0.740. The number of hydrogen-bond donors (Lipinski definition) is 1. The van der Waals surface area contributed by atoms with Gasteiger partial charge < -0.3 is 9.73 Å². The lowest BCUT2D eigenvalue weighted by Crippen LogP contribution is -2.30. The third kappa shape index (κ3) is 1.83. The van der Waals surface area contributed by atoms with Gasteiger partial charge in [-0.1, -0.05) is 12.1 Å². The highest BCUT2D eigenvalue weighted by Gasteiger charge is 2.15. The number of nitrogens with zero attached hydrogens (tertiary/aromatic N) is 1. The zero-order chi connectivity index (χ0) is 10.8. The number of oxazole rings is 1. The van der Waals surface area contributed by atoms with Gasteiger partial charge in [0, 0.05) is 0 Å². The number of rotatable bonds is 2. The Kier molecular flexibility index (Phi) is 2.62. The summed E-state index contributed by atoms with van der Waals surface area (Å²) in [6.45, 7) is 2.30. The first-order valence-electron chi connectivity index (χ1n) is 5.95. The lowest BCUT2D eigenvalue weighted by Gasteiger charge is -2.22. The fourth-order valence-electron chi connectivity index (χ4n) is 2.51. The number of benzene rings is 1. The maximum atomic E-state index is 5.46. The molecule has 16 heavy (non-hydrogen) atoms. The van der Waals surface area contributed by atoms with Gasteiger partial charge in [0.15, 0.2) is 12.0 Å². The van der Waals surface area contributed by atoms with Crippen molar-refractivity contribution in [3.05, 3.63) is 30.2 Å². The first kappa shape index (κ1) is 9.85. The van der Waals surface area contributed by atoms with Gasteiger partial charge >= 0.3 is 0 Å². The maximum absolute atomic E-state index is 5.46. The Morgan fingerprint density at radius 1 is 1.44 bits per heavy atom. The average Bonchev–Trinajstić information content (AvgIpc) is 2.80. The van der Waals surface area contributed by atoms with E-state index in [9.17, 15) is 0 Å². The van der Waals surface area contributed by atoms with Gasteiger partial charge in [-0.2, -0.15) is 0 Å². The molecule has 3 rings (SSSR count). The van der Waals surface area contributed by atoms with Gasteiger partial charge in [0.25, 0.3) is 0 Å². The van der Waals surface area contributed by atoms with E-state index in [2.05, 4.69) is 22.4 Å². The second-order valence-corrected chi connectivity index (χ2v) is 4.53. The van der Waals surface area contributed by atoms with E-state index in [-0.39, 0.29) is 0 Å². The van der Waals surface area contributed by atoms with Crippen LogP contribution in [-0.4, -0.2) is 18.1 Å². The molecule has 0 saturated carbocycles. The summed E-state index contributed by atoms with van der Waals surface area (Å²) >= 11 is 0. The molecule has 1 atom stereocenters. The van der Waals surface area contributed by atoms with Crippen LogP contribution < -0.4 is 5.32 Å². The van der Waals surface area contributed by atoms with Crippen LogP contribution in [0.2, 0.25) is 0 Å². The standard InChI is InChI=1S/C13H16N2O/c1-4-11(7-10-3-2-6-14-8-10)13-12(5-1)15-9-16-13/h1,4-5,9-10,14H,2-3,6-8H2. The van der Waals surface area contributed by atoms with Crippen LogP contribution in [0, 0.1) is 5.92 Å². The number of piperidine rings is 1. The van der Waals surface area contributed by atoms with Crippen LogP contribution in [0.3, 0.4) is 0 Å². The number of fused-ring (bicyclic) bond motifs is 1. The van der Waals surface area contributed by atoms with E-state index in [0.29, 0.717) is 0 Å². The van der Waals surface area contributed by atoms with Gasteiger partial charge in [0.2, 0.25) is 0 Å². The van der Waals surface area contributed by atoms with Gasteiger partial charge in [-0.25, -0.2) is 4.98 Å². The van der Waals surface area contributed by atoms with Crippen LogP contribution >= 0.6 is 0 Å². The molecule has 3 nitrogen and oxygen atoms in total. The van der Waals surface area contributed by atoms with E-state index >= 15 is 0 Å². The lowest BCUT2D eigenvalue weighted by atomic mass is 9.92. The molecule has 2 heterocycles. The van der Waals surface area contributed by atoms with Crippen LogP contribution in [0.5, 0.6) is 0 Å². The largest absolute Gasteiger partial charge is 0.443 e. The molecule has 0 radical (unpaired) electrons. The highest BCUT2D eigenvalue weighted by Crippen LogP contribution is 2.23. The quantitative estimate of drug-likeness (QED) is 0.837. The Bertz CT molecular complexity index is 471. The van der Waals surface area contributed by atoms with Gasteiger partial charge in [-0.15, -0.1) is 0 Å².